The molecule has 1 atom stereocenters. The monoisotopic (exact) mass is 241 g/mol. The van der Waals surface area contributed by atoms with Gasteiger partial charge in [-0.3, -0.25) is 0 Å². The van der Waals surface area contributed by atoms with Gasteiger partial charge in [0.1, 0.15) is 0 Å². The number of aromatic nitrogens is 2. The van der Waals surface area contributed by atoms with Gasteiger partial charge >= 0.3 is 0 Å². The maximum Gasteiger partial charge on any atom is 0.228 e. The molecule has 0 aliphatic heterocycles. The zero-order valence-corrected chi connectivity index (χ0v) is 11.0. The van der Waals surface area contributed by atoms with Crippen molar-refractivity contribution in [3.8, 4) is 0 Å². The zero-order valence-electron chi connectivity index (χ0n) is 11.0. The standard InChI is InChI=1S/C12H23N3O2/c1-4-7-13-10(5-2)9-12-14-11(15-17-12)6-8-16-3/h10,13H,4-9H2,1-3H3. The van der Waals surface area contributed by atoms with E-state index in [4.69, 9.17) is 9.26 Å². The predicted octanol–water partition coefficient (Wildman–Crippen LogP) is 1.58. The van der Waals surface area contributed by atoms with E-state index in [-0.39, 0.29) is 0 Å². The van der Waals surface area contributed by atoms with Gasteiger partial charge in [-0.2, -0.15) is 4.98 Å². The van der Waals surface area contributed by atoms with Crippen molar-refractivity contribution < 1.29 is 9.26 Å². The third-order valence-corrected chi connectivity index (χ3v) is 2.64. The molecule has 0 aromatic carbocycles. The van der Waals surface area contributed by atoms with Crippen molar-refractivity contribution in [1.29, 1.82) is 0 Å². The lowest BCUT2D eigenvalue weighted by Gasteiger charge is -2.13. The summed E-state index contributed by atoms with van der Waals surface area (Å²) in [6, 6.07) is 0.422. The minimum atomic E-state index is 0.422. The molecule has 0 aliphatic rings. The molecule has 0 bridgehead atoms. The lowest BCUT2D eigenvalue weighted by molar-refractivity contribution is 0.199. The van der Waals surface area contributed by atoms with Crippen LogP contribution in [0, 0.1) is 0 Å². The fourth-order valence-corrected chi connectivity index (χ4v) is 1.59. The van der Waals surface area contributed by atoms with E-state index in [9.17, 15) is 0 Å². The Morgan fingerprint density at radius 2 is 2.24 bits per heavy atom. The molecule has 0 aliphatic carbocycles. The molecule has 1 aromatic rings. The molecule has 5 heteroatoms. The summed E-state index contributed by atoms with van der Waals surface area (Å²) in [6.07, 6.45) is 3.71. The summed E-state index contributed by atoms with van der Waals surface area (Å²) in [5.74, 6) is 1.44. The molecular weight excluding hydrogens is 218 g/mol. The Labute approximate surface area is 103 Å². The van der Waals surface area contributed by atoms with Crippen molar-refractivity contribution in [2.75, 3.05) is 20.3 Å². The fourth-order valence-electron chi connectivity index (χ4n) is 1.59. The van der Waals surface area contributed by atoms with Gasteiger partial charge in [-0.05, 0) is 19.4 Å². The predicted molar refractivity (Wildman–Crippen MR) is 66.0 cm³/mol. The summed E-state index contributed by atoms with van der Waals surface area (Å²) in [7, 11) is 1.67. The Morgan fingerprint density at radius 3 is 2.88 bits per heavy atom. The van der Waals surface area contributed by atoms with Gasteiger partial charge in [0.15, 0.2) is 5.82 Å². The molecule has 1 N–H and O–H groups in total. The fraction of sp³-hybridized carbons (Fsp3) is 0.833. The third-order valence-electron chi connectivity index (χ3n) is 2.64. The highest BCUT2D eigenvalue weighted by Gasteiger charge is 2.12. The normalized spacial score (nSPS) is 12.9. The van der Waals surface area contributed by atoms with Crippen LogP contribution in [0.1, 0.15) is 38.4 Å². The minimum Gasteiger partial charge on any atom is -0.384 e. The van der Waals surface area contributed by atoms with Gasteiger partial charge in [-0.15, -0.1) is 0 Å². The van der Waals surface area contributed by atoms with Crippen molar-refractivity contribution in [2.24, 2.45) is 0 Å². The van der Waals surface area contributed by atoms with Gasteiger partial charge in [0.2, 0.25) is 5.89 Å². The molecule has 1 unspecified atom stereocenters. The second kappa shape index (κ2) is 8.20. The van der Waals surface area contributed by atoms with E-state index < -0.39 is 0 Å². The highest BCUT2D eigenvalue weighted by molar-refractivity contribution is 4.89. The first kappa shape index (κ1) is 14.1. The number of hydrogen-bond acceptors (Lipinski definition) is 5. The van der Waals surface area contributed by atoms with Crippen LogP contribution in [-0.4, -0.2) is 36.4 Å². The molecule has 0 saturated heterocycles. The Balaban J connectivity index is 2.40. The van der Waals surface area contributed by atoms with Gasteiger partial charge in [-0.25, -0.2) is 0 Å². The molecule has 5 nitrogen and oxygen atoms in total. The lowest BCUT2D eigenvalue weighted by Crippen LogP contribution is -2.31. The molecule has 0 amide bonds. The van der Waals surface area contributed by atoms with E-state index in [0.717, 1.165) is 31.6 Å². The lowest BCUT2D eigenvalue weighted by atomic mass is 10.1. The number of ether oxygens (including phenoxy) is 1. The smallest absolute Gasteiger partial charge is 0.228 e. The second-order valence-electron chi connectivity index (χ2n) is 4.11. The Morgan fingerprint density at radius 1 is 1.41 bits per heavy atom. The summed E-state index contributed by atoms with van der Waals surface area (Å²) >= 11 is 0. The van der Waals surface area contributed by atoms with Gasteiger partial charge in [0, 0.05) is 26.0 Å². The minimum absolute atomic E-state index is 0.422. The van der Waals surface area contributed by atoms with Crippen molar-refractivity contribution in [3.63, 3.8) is 0 Å². The number of rotatable bonds is 9. The molecule has 17 heavy (non-hydrogen) atoms. The molecular formula is C12H23N3O2. The maximum absolute atomic E-state index is 5.22. The van der Waals surface area contributed by atoms with E-state index >= 15 is 0 Å². The number of methoxy groups -OCH3 is 1. The highest BCUT2D eigenvalue weighted by atomic mass is 16.5. The molecule has 0 fully saturated rings. The second-order valence-corrected chi connectivity index (χ2v) is 4.11. The molecule has 1 rings (SSSR count). The molecule has 1 aromatic heterocycles. The quantitative estimate of drug-likeness (QED) is 0.711. The molecule has 1 heterocycles. The maximum atomic E-state index is 5.22. The topological polar surface area (TPSA) is 60.2 Å². The first-order valence-corrected chi connectivity index (χ1v) is 6.33. The molecule has 0 spiro atoms. The van der Waals surface area contributed by atoms with E-state index in [1.165, 1.54) is 0 Å². The third kappa shape index (κ3) is 5.28. The summed E-state index contributed by atoms with van der Waals surface area (Å²) in [5, 5.41) is 7.39. The van der Waals surface area contributed by atoms with Crippen molar-refractivity contribution >= 4 is 0 Å². The van der Waals surface area contributed by atoms with Crippen LogP contribution in [-0.2, 0) is 17.6 Å². The highest BCUT2D eigenvalue weighted by Crippen LogP contribution is 2.05. The van der Waals surface area contributed by atoms with Gasteiger partial charge < -0.3 is 14.6 Å². The largest absolute Gasteiger partial charge is 0.384 e. The molecule has 98 valence electrons. The van der Waals surface area contributed by atoms with Crippen LogP contribution in [0.2, 0.25) is 0 Å². The SMILES string of the molecule is CCCNC(CC)Cc1nc(CCOC)no1. The van der Waals surface area contributed by atoms with Crippen LogP contribution in [0.5, 0.6) is 0 Å². The average Bonchev–Trinajstić information content (AvgIpc) is 2.79. The Hall–Kier alpha value is -0.940. The summed E-state index contributed by atoms with van der Waals surface area (Å²) in [5.41, 5.74) is 0. The summed E-state index contributed by atoms with van der Waals surface area (Å²) < 4.78 is 10.2. The van der Waals surface area contributed by atoms with Crippen LogP contribution >= 0.6 is 0 Å². The van der Waals surface area contributed by atoms with Crippen LogP contribution in [0.15, 0.2) is 4.52 Å². The van der Waals surface area contributed by atoms with Crippen LogP contribution in [0.4, 0.5) is 0 Å². The number of nitrogens with zero attached hydrogens (tertiary/aromatic N) is 2. The van der Waals surface area contributed by atoms with Crippen molar-refractivity contribution in [3.05, 3.63) is 11.7 Å². The number of hydrogen-bond donors (Lipinski definition) is 1. The average molecular weight is 241 g/mol. The first-order chi connectivity index (χ1) is 8.30. The van der Waals surface area contributed by atoms with Crippen LogP contribution in [0.3, 0.4) is 0 Å². The van der Waals surface area contributed by atoms with Gasteiger partial charge in [0.05, 0.1) is 6.61 Å². The van der Waals surface area contributed by atoms with E-state index in [1.807, 2.05) is 0 Å². The number of nitrogens with one attached hydrogen (secondary N) is 1. The van der Waals surface area contributed by atoms with Gasteiger partial charge in [-0.1, -0.05) is 19.0 Å². The zero-order chi connectivity index (χ0) is 12.5. The van der Waals surface area contributed by atoms with E-state index in [0.29, 0.717) is 25.0 Å². The van der Waals surface area contributed by atoms with Gasteiger partial charge in [0.25, 0.3) is 0 Å². The molecule has 0 radical (unpaired) electrons. The summed E-state index contributed by atoms with van der Waals surface area (Å²) in [6.45, 7) is 5.98. The Bertz CT molecular complexity index is 302. The van der Waals surface area contributed by atoms with Crippen LogP contribution in [0.25, 0.3) is 0 Å². The van der Waals surface area contributed by atoms with Crippen molar-refractivity contribution in [1.82, 2.24) is 15.5 Å². The van der Waals surface area contributed by atoms with Crippen LogP contribution < -0.4 is 5.32 Å². The first-order valence-electron chi connectivity index (χ1n) is 6.33. The van der Waals surface area contributed by atoms with Crippen molar-refractivity contribution in [2.45, 2.75) is 45.6 Å². The van der Waals surface area contributed by atoms with E-state index in [2.05, 4.69) is 29.3 Å². The Kier molecular flexibility index (Phi) is 6.81. The molecule has 0 saturated carbocycles. The summed E-state index contributed by atoms with van der Waals surface area (Å²) in [4.78, 5) is 4.35. The van der Waals surface area contributed by atoms with E-state index in [1.54, 1.807) is 7.11 Å².